The third-order valence-corrected chi connectivity index (χ3v) is 3.62. The van der Waals surface area contributed by atoms with Gasteiger partial charge >= 0.3 is 0 Å². The van der Waals surface area contributed by atoms with Crippen molar-refractivity contribution in [3.8, 4) is 0 Å². The summed E-state index contributed by atoms with van der Waals surface area (Å²) in [6.45, 7) is 2.04. The molecule has 5 nitrogen and oxygen atoms in total. The highest BCUT2D eigenvalue weighted by Crippen LogP contribution is 2.19. The summed E-state index contributed by atoms with van der Waals surface area (Å²) in [5.74, 6) is -0.0203. The molecule has 0 radical (unpaired) electrons. The van der Waals surface area contributed by atoms with E-state index in [-0.39, 0.29) is 11.9 Å². The van der Waals surface area contributed by atoms with E-state index in [2.05, 4.69) is 4.98 Å². The van der Waals surface area contributed by atoms with Crippen LogP contribution in [0.15, 0.2) is 36.5 Å². The summed E-state index contributed by atoms with van der Waals surface area (Å²) in [4.78, 5) is 18.9. The molecular weight excluding hydrogens is 254 g/mol. The summed E-state index contributed by atoms with van der Waals surface area (Å²) >= 11 is 0. The zero-order chi connectivity index (χ0) is 13.9. The third kappa shape index (κ3) is 2.26. The summed E-state index contributed by atoms with van der Waals surface area (Å²) in [6.07, 6.45) is 1.71. The van der Waals surface area contributed by atoms with Crippen LogP contribution >= 0.6 is 0 Å². The van der Waals surface area contributed by atoms with Crippen LogP contribution in [0, 0.1) is 0 Å². The highest BCUT2D eigenvalue weighted by Gasteiger charge is 2.28. The number of hydrogen-bond acceptors (Lipinski definition) is 4. The van der Waals surface area contributed by atoms with Gasteiger partial charge in [-0.05, 0) is 12.1 Å². The van der Waals surface area contributed by atoms with E-state index in [0.29, 0.717) is 31.9 Å². The number of benzene rings is 1. The van der Waals surface area contributed by atoms with Crippen molar-refractivity contribution in [1.82, 2.24) is 9.88 Å². The number of fused-ring (bicyclic) bond motifs is 1. The predicted molar refractivity (Wildman–Crippen MR) is 76.4 cm³/mol. The second kappa shape index (κ2) is 5.56. The first kappa shape index (κ1) is 13.0. The van der Waals surface area contributed by atoms with Crippen LogP contribution in [0.5, 0.6) is 0 Å². The Hall–Kier alpha value is -1.98. The molecule has 1 atom stereocenters. The smallest absolute Gasteiger partial charge is 0.256 e. The molecule has 1 aromatic carbocycles. The van der Waals surface area contributed by atoms with Gasteiger partial charge in [-0.1, -0.05) is 18.2 Å². The van der Waals surface area contributed by atoms with E-state index in [0.717, 1.165) is 10.9 Å². The minimum atomic E-state index is -0.0600. The van der Waals surface area contributed by atoms with Gasteiger partial charge in [-0.2, -0.15) is 0 Å². The number of para-hydroxylation sites is 1. The highest BCUT2D eigenvalue weighted by atomic mass is 16.5. The maximum atomic E-state index is 12.8. The average molecular weight is 271 g/mol. The fourth-order valence-corrected chi connectivity index (χ4v) is 2.55. The molecule has 104 valence electrons. The molecule has 0 saturated carbocycles. The zero-order valence-corrected chi connectivity index (χ0v) is 11.2. The van der Waals surface area contributed by atoms with E-state index in [9.17, 15) is 4.79 Å². The Morgan fingerprint density at radius 2 is 2.25 bits per heavy atom. The van der Waals surface area contributed by atoms with Crippen LogP contribution in [0.4, 0.5) is 0 Å². The van der Waals surface area contributed by atoms with Gasteiger partial charge in [0.2, 0.25) is 0 Å². The molecule has 3 rings (SSSR count). The SMILES string of the molecule is NCC1COCCN1C(=O)c1cccc2cccnc12. The molecule has 2 heterocycles. The van der Waals surface area contributed by atoms with E-state index in [4.69, 9.17) is 10.5 Å². The maximum Gasteiger partial charge on any atom is 0.256 e. The van der Waals surface area contributed by atoms with Crippen molar-refractivity contribution in [2.45, 2.75) is 6.04 Å². The van der Waals surface area contributed by atoms with Crippen LogP contribution in [-0.2, 0) is 4.74 Å². The quantitative estimate of drug-likeness (QED) is 0.886. The molecule has 0 aliphatic carbocycles. The van der Waals surface area contributed by atoms with Crippen molar-refractivity contribution >= 4 is 16.8 Å². The number of morpholine rings is 1. The van der Waals surface area contributed by atoms with E-state index >= 15 is 0 Å². The number of amides is 1. The lowest BCUT2D eigenvalue weighted by Crippen LogP contribution is -2.52. The van der Waals surface area contributed by atoms with Gasteiger partial charge in [-0.3, -0.25) is 9.78 Å². The van der Waals surface area contributed by atoms with E-state index < -0.39 is 0 Å². The number of nitrogens with zero attached hydrogens (tertiary/aromatic N) is 2. The number of carbonyl (C=O) groups excluding carboxylic acids is 1. The first-order valence-electron chi connectivity index (χ1n) is 6.74. The standard InChI is InChI=1S/C15H17N3O2/c16-9-12-10-20-8-7-18(12)15(19)13-5-1-3-11-4-2-6-17-14(11)13/h1-6,12H,7-10,16H2. The van der Waals surface area contributed by atoms with Gasteiger partial charge in [0.15, 0.2) is 0 Å². The second-order valence-electron chi connectivity index (χ2n) is 4.84. The fourth-order valence-electron chi connectivity index (χ4n) is 2.55. The molecule has 5 heteroatoms. The zero-order valence-electron chi connectivity index (χ0n) is 11.2. The molecule has 1 aromatic heterocycles. The van der Waals surface area contributed by atoms with Gasteiger partial charge in [0.05, 0.1) is 30.3 Å². The largest absolute Gasteiger partial charge is 0.377 e. The molecule has 20 heavy (non-hydrogen) atoms. The van der Waals surface area contributed by atoms with Crippen molar-refractivity contribution in [2.24, 2.45) is 5.73 Å². The van der Waals surface area contributed by atoms with Crippen molar-refractivity contribution in [1.29, 1.82) is 0 Å². The fraction of sp³-hybridized carbons (Fsp3) is 0.333. The number of rotatable bonds is 2. The van der Waals surface area contributed by atoms with Crippen LogP contribution < -0.4 is 5.73 Å². The Morgan fingerprint density at radius 3 is 3.10 bits per heavy atom. The van der Waals surface area contributed by atoms with Crippen LogP contribution in [0.25, 0.3) is 10.9 Å². The van der Waals surface area contributed by atoms with Gasteiger partial charge in [0.25, 0.3) is 5.91 Å². The molecule has 0 bridgehead atoms. The number of carbonyl (C=O) groups is 1. The number of nitrogens with two attached hydrogens (primary N) is 1. The Labute approximate surface area is 117 Å². The Kier molecular flexibility index (Phi) is 3.62. The van der Waals surface area contributed by atoms with E-state index in [1.54, 1.807) is 11.1 Å². The number of pyridine rings is 1. The lowest BCUT2D eigenvalue weighted by molar-refractivity contribution is 0.000937. The lowest BCUT2D eigenvalue weighted by atomic mass is 10.1. The van der Waals surface area contributed by atoms with Gasteiger partial charge < -0.3 is 15.4 Å². The average Bonchev–Trinajstić information content (AvgIpc) is 2.53. The summed E-state index contributed by atoms with van der Waals surface area (Å²) in [6, 6.07) is 9.43. The van der Waals surface area contributed by atoms with Crippen molar-refractivity contribution < 1.29 is 9.53 Å². The van der Waals surface area contributed by atoms with Gasteiger partial charge in [0, 0.05) is 24.7 Å². The Morgan fingerprint density at radius 1 is 1.40 bits per heavy atom. The number of aromatic nitrogens is 1. The topological polar surface area (TPSA) is 68.5 Å². The second-order valence-corrected chi connectivity index (χ2v) is 4.84. The van der Waals surface area contributed by atoms with Crippen molar-refractivity contribution in [3.05, 3.63) is 42.1 Å². The maximum absolute atomic E-state index is 12.8. The molecule has 1 saturated heterocycles. The molecule has 0 spiro atoms. The summed E-state index contributed by atoms with van der Waals surface area (Å²) in [7, 11) is 0. The number of ether oxygens (including phenoxy) is 1. The molecule has 2 aromatic rings. The normalized spacial score (nSPS) is 19.2. The summed E-state index contributed by atoms with van der Waals surface area (Å²) in [5.41, 5.74) is 7.10. The minimum absolute atomic E-state index is 0.0203. The van der Waals surface area contributed by atoms with E-state index in [1.807, 2.05) is 30.3 Å². The lowest BCUT2D eigenvalue weighted by Gasteiger charge is -2.35. The summed E-state index contributed by atoms with van der Waals surface area (Å²) < 4.78 is 5.39. The van der Waals surface area contributed by atoms with Crippen molar-refractivity contribution in [3.63, 3.8) is 0 Å². The molecular formula is C15H17N3O2. The van der Waals surface area contributed by atoms with Gasteiger partial charge in [-0.15, -0.1) is 0 Å². The predicted octanol–water partition coefficient (Wildman–Crippen LogP) is 1.03. The minimum Gasteiger partial charge on any atom is -0.377 e. The molecule has 1 unspecified atom stereocenters. The van der Waals surface area contributed by atoms with Crippen LogP contribution in [-0.4, -0.2) is 48.1 Å². The van der Waals surface area contributed by atoms with Crippen LogP contribution in [0.2, 0.25) is 0 Å². The highest BCUT2D eigenvalue weighted by molar-refractivity contribution is 6.05. The van der Waals surface area contributed by atoms with Crippen LogP contribution in [0.3, 0.4) is 0 Å². The van der Waals surface area contributed by atoms with Gasteiger partial charge in [-0.25, -0.2) is 0 Å². The van der Waals surface area contributed by atoms with Gasteiger partial charge in [0.1, 0.15) is 0 Å². The first-order chi connectivity index (χ1) is 9.81. The Balaban J connectivity index is 1.99. The molecule has 1 aliphatic heterocycles. The third-order valence-electron chi connectivity index (χ3n) is 3.62. The van der Waals surface area contributed by atoms with Crippen LogP contribution in [0.1, 0.15) is 10.4 Å². The molecule has 2 N–H and O–H groups in total. The molecule has 1 aliphatic rings. The van der Waals surface area contributed by atoms with Crippen molar-refractivity contribution in [2.75, 3.05) is 26.3 Å². The van der Waals surface area contributed by atoms with E-state index in [1.165, 1.54) is 0 Å². The molecule has 1 amide bonds. The monoisotopic (exact) mass is 271 g/mol. The Bertz CT molecular complexity index is 624. The number of hydrogen-bond donors (Lipinski definition) is 1. The summed E-state index contributed by atoms with van der Waals surface area (Å²) in [5, 5.41) is 0.968. The first-order valence-corrected chi connectivity index (χ1v) is 6.74. The molecule has 1 fully saturated rings.